The molecule has 6 heteroatoms. The molecular formula is C15H21F3N2S. The van der Waals surface area contributed by atoms with Crippen LogP contribution in [0.2, 0.25) is 0 Å². The van der Waals surface area contributed by atoms with E-state index in [0.29, 0.717) is 23.0 Å². The first-order valence-electron chi connectivity index (χ1n) is 7.19. The summed E-state index contributed by atoms with van der Waals surface area (Å²) in [5, 5.41) is 3.42. The number of anilines is 1. The first-order valence-corrected chi connectivity index (χ1v) is 8.24. The lowest BCUT2D eigenvalue weighted by Gasteiger charge is -2.33. The van der Waals surface area contributed by atoms with Crippen LogP contribution in [-0.4, -0.2) is 30.6 Å². The van der Waals surface area contributed by atoms with Crippen LogP contribution in [0.4, 0.5) is 18.9 Å². The van der Waals surface area contributed by atoms with E-state index < -0.39 is 11.7 Å². The maximum Gasteiger partial charge on any atom is 0.416 e. The highest BCUT2D eigenvalue weighted by Gasteiger charge is 2.34. The lowest BCUT2D eigenvalue weighted by Crippen LogP contribution is -2.36. The maximum absolute atomic E-state index is 13.2. The zero-order valence-corrected chi connectivity index (χ0v) is 13.2. The van der Waals surface area contributed by atoms with E-state index >= 15 is 0 Å². The molecule has 2 rings (SSSR count). The third-order valence-electron chi connectivity index (χ3n) is 3.57. The average molecular weight is 318 g/mol. The summed E-state index contributed by atoms with van der Waals surface area (Å²) < 4.78 is 39.7. The molecule has 1 fully saturated rings. The molecule has 1 aromatic rings. The summed E-state index contributed by atoms with van der Waals surface area (Å²) in [5.41, 5.74) is 0.467. The minimum Gasteiger partial charge on any atom is -0.370 e. The van der Waals surface area contributed by atoms with Gasteiger partial charge >= 0.3 is 6.18 Å². The first kappa shape index (κ1) is 16.5. The van der Waals surface area contributed by atoms with E-state index in [9.17, 15) is 13.2 Å². The highest BCUT2D eigenvalue weighted by molar-refractivity contribution is 8.00. The second-order valence-electron chi connectivity index (χ2n) is 5.25. The number of hydrogen-bond acceptors (Lipinski definition) is 3. The van der Waals surface area contributed by atoms with Gasteiger partial charge in [0.2, 0.25) is 0 Å². The molecular weight excluding hydrogens is 297 g/mol. The van der Waals surface area contributed by atoms with Crippen molar-refractivity contribution in [2.75, 3.05) is 30.3 Å². The monoisotopic (exact) mass is 318 g/mol. The quantitative estimate of drug-likeness (QED) is 0.910. The number of halogens is 3. The molecule has 0 amide bonds. The molecule has 1 aliphatic rings. The highest BCUT2D eigenvalue weighted by atomic mass is 32.2. The van der Waals surface area contributed by atoms with Crippen molar-refractivity contribution < 1.29 is 13.2 Å². The Morgan fingerprint density at radius 2 is 2.14 bits per heavy atom. The second kappa shape index (κ2) is 6.92. The Bertz CT molecular complexity index is 476. The van der Waals surface area contributed by atoms with E-state index in [-0.39, 0.29) is 6.54 Å². The predicted molar refractivity (Wildman–Crippen MR) is 83.0 cm³/mol. The zero-order valence-electron chi connectivity index (χ0n) is 12.3. The van der Waals surface area contributed by atoms with Crippen molar-refractivity contribution in [1.29, 1.82) is 0 Å². The Morgan fingerprint density at radius 3 is 2.76 bits per heavy atom. The van der Waals surface area contributed by atoms with Gasteiger partial charge in [0.15, 0.2) is 0 Å². The fourth-order valence-corrected chi connectivity index (χ4v) is 3.51. The summed E-state index contributed by atoms with van der Waals surface area (Å²) >= 11 is 1.87. The molecule has 1 saturated heterocycles. The van der Waals surface area contributed by atoms with Crippen LogP contribution in [0.15, 0.2) is 18.2 Å². The normalized spacial score (nSPS) is 19.9. The Morgan fingerprint density at radius 1 is 1.38 bits per heavy atom. The van der Waals surface area contributed by atoms with Crippen LogP contribution in [0.1, 0.15) is 25.0 Å². The van der Waals surface area contributed by atoms with Crippen LogP contribution in [0.25, 0.3) is 0 Å². The first-order chi connectivity index (χ1) is 9.91. The van der Waals surface area contributed by atoms with Crippen LogP contribution < -0.4 is 10.2 Å². The van der Waals surface area contributed by atoms with Gasteiger partial charge in [0, 0.05) is 36.3 Å². The van der Waals surface area contributed by atoms with Crippen LogP contribution >= 0.6 is 11.8 Å². The van der Waals surface area contributed by atoms with Gasteiger partial charge < -0.3 is 10.2 Å². The Labute approximate surface area is 128 Å². The molecule has 1 unspecified atom stereocenters. The number of nitrogens with one attached hydrogen (secondary N) is 1. The van der Waals surface area contributed by atoms with Crippen LogP contribution in [0.5, 0.6) is 0 Å². The van der Waals surface area contributed by atoms with E-state index in [4.69, 9.17) is 0 Å². The van der Waals surface area contributed by atoms with Gasteiger partial charge in [0.05, 0.1) is 5.56 Å². The Hall–Kier alpha value is -0.880. The number of rotatable bonds is 4. The van der Waals surface area contributed by atoms with Crippen LogP contribution in [0, 0.1) is 0 Å². The van der Waals surface area contributed by atoms with Gasteiger partial charge in [-0.3, -0.25) is 0 Å². The number of alkyl halides is 3. The Kier molecular flexibility index (Phi) is 5.43. The van der Waals surface area contributed by atoms with Crippen LogP contribution in [0.3, 0.4) is 0 Å². The summed E-state index contributed by atoms with van der Waals surface area (Å²) in [5.74, 6) is 0.960. The SMILES string of the molecule is CCNCc1ccc(N2CCSC(C)C2)cc1C(F)(F)F. The second-order valence-corrected chi connectivity index (χ2v) is 6.79. The minimum absolute atomic E-state index is 0.248. The van der Waals surface area contributed by atoms with Crippen molar-refractivity contribution in [2.45, 2.75) is 31.8 Å². The van der Waals surface area contributed by atoms with E-state index in [1.165, 1.54) is 6.07 Å². The molecule has 0 bridgehead atoms. The van der Waals surface area contributed by atoms with Crippen molar-refractivity contribution in [1.82, 2.24) is 5.32 Å². The van der Waals surface area contributed by atoms with Crippen molar-refractivity contribution in [3.63, 3.8) is 0 Å². The molecule has 1 atom stereocenters. The fraction of sp³-hybridized carbons (Fsp3) is 0.600. The molecule has 2 nitrogen and oxygen atoms in total. The van der Waals surface area contributed by atoms with Gasteiger partial charge in [-0.15, -0.1) is 0 Å². The highest BCUT2D eigenvalue weighted by Crippen LogP contribution is 2.35. The molecule has 0 aromatic heterocycles. The molecule has 1 aliphatic heterocycles. The number of hydrogen-bond donors (Lipinski definition) is 1. The van der Waals surface area contributed by atoms with Gasteiger partial charge in [-0.1, -0.05) is 19.9 Å². The largest absolute Gasteiger partial charge is 0.416 e. The van der Waals surface area contributed by atoms with Crippen LogP contribution in [-0.2, 0) is 12.7 Å². The van der Waals surface area contributed by atoms with Gasteiger partial charge in [0.25, 0.3) is 0 Å². The Balaban J connectivity index is 2.28. The molecule has 1 aromatic carbocycles. The summed E-state index contributed by atoms with van der Waals surface area (Å²) in [6, 6.07) is 4.72. The van der Waals surface area contributed by atoms with E-state index in [2.05, 4.69) is 12.2 Å². The molecule has 1 heterocycles. The molecule has 0 saturated carbocycles. The molecule has 0 spiro atoms. The van der Waals surface area contributed by atoms with Gasteiger partial charge in [-0.2, -0.15) is 24.9 Å². The summed E-state index contributed by atoms with van der Waals surface area (Å²) in [6.45, 7) is 6.50. The van der Waals surface area contributed by atoms with Gasteiger partial charge in [-0.25, -0.2) is 0 Å². The number of benzene rings is 1. The average Bonchev–Trinajstić information content (AvgIpc) is 2.44. The zero-order chi connectivity index (χ0) is 15.5. The summed E-state index contributed by atoms with van der Waals surface area (Å²) in [6.07, 6.45) is -4.31. The maximum atomic E-state index is 13.2. The smallest absolute Gasteiger partial charge is 0.370 e. The van der Waals surface area contributed by atoms with Crippen molar-refractivity contribution in [2.24, 2.45) is 0 Å². The molecule has 0 radical (unpaired) electrons. The molecule has 1 N–H and O–H groups in total. The number of nitrogens with zero attached hydrogens (tertiary/aromatic N) is 1. The standard InChI is InChI=1S/C15H21F3N2S/c1-3-19-9-12-4-5-13(8-14(12)15(16,17)18)20-6-7-21-11(2)10-20/h4-5,8,11,19H,3,6-7,9-10H2,1-2H3. The number of thioether (sulfide) groups is 1. The van der Waals surface area contributed by atoms with Gasteiger partial charge in [-0.05, 0) is 24.2 Å². The van der Waals surface area contributed by atoms with E-state index in [0.717, 1.165) is 18.8 Å². The van der Waals surface area contributed by atoms with Crippen molar-refractivity contribution in [3.05, 3.63) is 29.3 Å². The molecule has 0 aliphatic carbocycles. The topological polar surface area (TPSA) is 15.3 Å². The van der Waals surface area contributed by atoms with Crippen molar-refractivity contribution >= 4 is 17.4 Å². The minimum atomic E-state index is -4.31. The molecule has 118 valence electrons. The predicted octanol–water partition coefficient (Wildman–Crippen LogP) is 3.76. The molecule has 21 heavy (non-hydrogen) atoms. The third-order valence-corrected chi connectivity index (χ3v) is 4.71. The summed E-state index contributed by atoms with van der Waals surface area (Å²) in [4.78, 5) is 2.05. The third kappa shape index (κ3) is 4.30. The van der Waals surface area contributed by atoms with Gasteiger partial charge in [0.1, 0.15) is 0 Å². The summed E-state index contributed by atoms with van der Waals surface area (Å²) in [7, 11) is 0. The van der Waals surface area contributed by atoms with Crippen molar-refractivity contribution in [3.8, 4) is 0 Å². The lowest BCUT2D eigenvalue weighted by molar-refractivity contribution is -0.138. The fourth-order valence-electron chi connectivity index (χ4n) is 2.49. The van der Waals surface area contributed by atoms with E-state index in [1.807, 2.05) is 29.7 Å². The lowest BCUT2D eigenvalue weighted by atomic mass is 10.0. The van der Waals surface area contributed by atoms with E-state index in [1.54, 1.807) is 6.07 Å².